The maximum absolute atomic E-state index is 12.0. The van der Waals surface area contributed by atoms with Crippen LogP contribution >= 0.6 is 0 Å². The minimum atomic E-state index is -0.0564. The Morgan fingerprint density at radius 2 is 1.58 bits per heavy atom. The molecule has 1 atom stereocenters. The van der Waals surface area contributed by atoms with Crippen molar-refractivity contribution in [1.82, 2.24) is 0 Å². The number of benzene rings is 2. The van der Waals surface area contributed by atoms with Crippen LogP contribution < -0.4 is 5.06 Å². The van der Waals surface area contributed by atoms with E-state index in [0.29, 0.717) is 6.42 Å². The number of nitrogens with zero attached hydrogens (tertiary/aromatic N) is 1. The van der Waals surface area contributed by atoms with Crippen molar-refractivity contribution in [1.29, 1.82) is 0 Å². The van der Waals surface area contributed by atoms with Crippen LogP contribution in [-0.2, 0) is 9.63 Å². The van der Waals surface area contributed by atoms with Gasteiger partial charge in [-0.05, 0) is 24.1 Å². The lowest BCUT2D eigenvalue weighted by atomic mass is 10.0. The van der Waals surface area contributed by atoms with Crippen molar-refractivity contribution in [3.8, 4) is 0 Å². The molecule has 0 aliphatic carbocycles. The second kappa shape index (κ2) is 5.24. The topological polar surface area (TPSA) is 29.5 Å². The van der Waals surface area contributed by atoms with Gasteiger partial charge in [0.05, 0.1) is 5.69 Å². The number of amides is 1. The molecule has 3 nitrogen and oxygen atoms in total. The average molecular weight is 253 g/mol. The Labute approximate surface area is 112 Å². The van der Waals surface area contributed by atoms with Crippen LogP contribution in [0.4, 0.5) is 5.69 Å². The van der Waals surface area contributed by atoms with E-state index in [9.17, 15) is 4.79 Å². The number of hydrogen-bond donors (Lipinski definition) is 0. The summed E-state index contributed by atoms with van der Waals surface area (Å²) >= 11 is 0. The third-order valence-electron chi connectivity index (χ3n) is 3.24. The fourth-order valence-electron chi connectivity index (χ4n) is 2.26. The molecular formula is C16H15NO2. The van der Waals surface area contributed by atoms with Gasteiger partial charge in [0.15, 0.2) is 0 Å². The van der Waals surface area contributed by atoms with Crippen molar-refractivity contribution in [2.45, 2.75) is 18.9 Å². The molecule has 1 unspecified atom stereocenters. The van der Waals surface area contributed by atoms with E-state index in [1.807, 2.05) is 60.7 Å². The summed E-state index contributed by atoms with van der Waals surface area (Å²) in [5, 5.41) is 1.42. The molecule has 0 spiro atoms. The molecular weight excluding hydrogens is 238 g/mol. The Morgan fingerprint density at radius 3 is 2.26 bits per heavy atom. The number of anilines is 1. The van der Waals surface area contributed by atoms with Gasteiger partial charge >= 0.3 is 0 Å². The highest BCUT2D eigenvalue weighted by Crippen LogP contribution is 2.31. The van der Waals surface area contributed by atoms with Gasteiger partial charge < -0.3 is 0 Å². The third kappa shape index (κ3) is 2.51. The molecule has 3 heteroatoms. The van der Waals surface area contributed by atoms with E-state index in [4.69, 9.17) is 4.84 Å². The molecule has 0 N–H and O–H groups in total. The zero-order chi connectivity index (χ0) is 13.1. The molecule has 0 saturated carbocycles. The predicted octanol–water partition coefficient (Wildman–Crippen LogP) is 3.49. The van der Waals surface area contributed by atoms with Crippen LogP contribution in [-0.4, -0.2) is 5.91 Å². The van der Waals surface area contributed by atoms with Gasteiger partial charge in [-0.15, -0.1) is 0 Å². The minimum Gasteiger partial charge on any atom is -0.272 e. The van der Waals surface area contributed by atoms with E-state index in [-0.39, 0.29) is 12.0 Å². The smallest absolute Gasteiger partial charge is 0.251 e. The summed E-state index contributed by atoms with van der Waals surface area (Å²) < 4.78 is 0. The first-order chi connectivity index (χ1) is 9.34. The summed E-state index contributed by atoms with van der Waals surface area (Å²) in [4.78, 5) is 17.8. The first kappa shape index (κ1) is 11.9. The van der Waals surface area contributed by atoms with Crippen LogP contribution in [0.3, 0.4) is 0 Å². The molecule has 1 amide bonds. The van der Waals surface area contributed by atoms with E-state index in [1.54, 1.807) is 0 Å². The van der Waals surface area contributed by atoms with Crippen LogP contribution in [0.2, 0.25) is 0 Å². The lowest BCUT2D eigenvalue weighted by Gasteiger charge is -2.32. The van der Waals surface area contributed by atoms with Crippen molar-refractivity contribution in [2.24, 2.45) is 0 Å². The lowest BCUT2D eigenvalue weighted by molar-refractivity contribution is -0.135. The van der Waals surface area contributed by atoms with Crippen molar-refractivity contribution >= 4 is 11.6 Å². The average Bonchev–Trinajstić information content (AvgIpc) is 2.49. The van der Waals surface area contributed by atoms with Crippen molar-refractivity contribution in [2.75, 3.05) is 5.06 Å². The summed E-state index contributed by atoms with van der Waals surface area (Å²) in [6.07, 6.45) is 1.18. The molecule has 19 heavy (non-hydrogen) atoms. The summed E-state index contributed by atoms with van der Waals surface area (Å²) in [7, 11) is 0. The lowest BCUT2D eigenvalue weighted by Crippen LogP contribution is -2.37. The molecule has 1 aliphatic rings. The second-order valence-electron chi connectivity index (χ2n) is 4.57. The standard InChI is InChI=1S/C16H15NO2/c18-16-12-11-15(13-7-3-1-4-8-13)19-17(16)14-9-5-2-6-10-14/h1-10,15H,11-12H2. The SMILES string of the molecule is O=C1CCC(c2ccccc2)ON1c1ccccc1. The molecule has 0 aromatic heterocycles. The molecule has 96 valence electrons. The Bertz CT molecular complexity index is 553. The molecule has 1 heterocycles. The van der Waals surface area contributed by atoms with Crippen LogP contribution in [0.15, 0.2) is 60.7 Å². The molecule has 1 saturated heterocycles. The predicted molar refractivity (Wildman–Crippen MR) is 73.4 cm³/mol. The summed E-state index contributed by atoms with van der Waals surface area (Å²) in [5.41, 5.74) is 1.89. The number of carbonyl (C=O) groups is 1. The molecule has 2 aromatic rings. The second-order valence-corrected chi connectivity index (χ2v) is 4.57. The van der Waals surface area contributed by atoms with E-state index in [1.165, 1.54) is 5.06 Å². The van der Waals surface area contributed by atoms with Crippen LogP contribution in [0.25, 0.3) is 0 Å². The van der Waals surface area contributed by atoms with Gasteiger partial charge in [-0.2, -0.15) is 5.06 Å². The van der Waals surface area contributed by atoms with Gasteiger partial charge in [-0.3, -0.25) is 9.63 Å². The van der Waals surface area contributed by atoms with Crippen molar-refractivity contribution in [3.63, 3.8) is 0 Å². The maximum Gasteiger partial charge on any atom is 0.251 e. The zero-order valence-electron chi connectivity index (χ0n) is 10.5. The summed E-state index contributed by atoms with van der Waals surface area (Å²) in [6, 6.07) is 19.5. The number of hydroxylamine groups is 1. The van der Waals surface area contributed by atoms with E-state index < -0.39 is 0 Å². The fraction of sp³-hybridized carbons (Fsp3) is 0.188. The molecule has 0 bridgehead atoms. The number of hydrogen-bond acceptors (Lipinski definition) is 2. The van der Waals surface area contributed by atoms with Gasteiger partial charge in [0.25, 0.3) is 5.91 Å². The first-order valence-corrected chi connectivity index (χ1v) is 6.44. The number of carbonyl (C=O) groups excluding carboxylic acids is 1. The van der Waals surface area contributed by atoms with E-state index in [0.717, 1.165) is 17.7 Å². The van der Waals surface area contributed by atoms with Gasteiger partial charge in [-0.1, -0.05) is 48.5 Å². The zero-order valence-corrected chi connectivity index (χ0v) is 10.5. The summed E-state index contributed by atoms with van der Waals surface area (Å²) in [5.74, 6) is 0.0124. The van der Waals surface area contributed by atoms with E-state index in [2.05, 4.69) is 0 Å². The quantitative estimate of drug-likeness (QED) is 0.820. The van der Waals surface area contributed by atoms with Crippen LogP contribution in [0.1, 0.15) is 24.5 Å². The molecule has 0 radical (unpaired) electrons. The third-order valence-corrected chi connectivity index (χ3v) is 3.24. The highest BCUT2D eigenvalue weighted by Gasteiger charge is 2.28. The van der Waals surface area contributed by atoms with Crippen molar-refractivity contribution < 1.29 is 9.63 Å². The number of para-hydroxylation sites is 1. The Morgan fingerprint density at radius 1 is 0.947 bits per heavy atom. The summed E-state index contributed by atoms with van der Waals surface area (Å²) in [6.45, 7) is 0. The normalized spacial score (nSPS) is 19.5. The Hall–Kier alpha value is -2.13. The Balaban J connectivity index is 1.84. The van der Waals surface area contributed by atoms with Gasteiger partial charge in [-0.25, -0.2) is 0 Å². The molecule has 3 rings (SSSR count). The van der Waals surface area contributed by atoms with Crippen LogP contribution in [0.5, 0.6) is 0 Å². The van der Waals surface area contributed by atoms with Gasteiger partial charge in [0, 0.05) is 6.42 Å². The highest BCUT2D eigenvalue weighted by molar-refractivity contribution is 5.91. The minimum absolute atomic E-state index is 0.0124. The van der Waals surface area contributed by atoms with Crippen molar-refractivity contribution in [3.05, 3.63) is 66.2 Å². The highest BCUT2D eigenvalue weighted by atomic mass is 16.7. The van der Waals surface area contributed by atoms with Crippen LogP contribution in [0, 0.1) is 0 Å². The first-order valence-electron chi connectivity index (χ1n) is 6.44. The molecule has 2 aromatic carbocycles. The largest absolute Gasteiger partial charge is 0.272 e. The van der Waals surface area contributed by atoms with E-state index >= 15 is 0 Å². The maximum atomic E-state index is 12.0. The molecule has 1 fully saturated rings. The number of rotatable bonds is 2. The van der Waals surface area contributed by atoms with Gasteiger partial charge in [0.2, 0.25) is 0 Å². The Kier molecular flexibility index (Phi) is 3.29. The van der Waals surface area contributed by atoms with Gasteiger partial charge in [0.1, 0.15) is 6.10 Å². The monoisotopic (exact) mass is 253 g/mol. The molecule has 1 aliphatic heterocycles. The fourth-order valence-corrected chi connectivity index (χ4v) is 2.26.